The van der Waals surface area contributed by atoms with Gasteiger partial charge >= 0.3 is 5.97 Å². The average Bonchev–Trinajstić information content (AvgIpc) is 2.74. The fraction of sp³-hybridized carbons (Fsp3) is 0.391. The van der Waals surface area contributed by atoms with Gasteiger partial charge in [0, 0.05) is 0 Å². The maximum absolute atomic E-state index is 12.9. The van der Waals surface area contributed by atoms with Gasteiger partial charge in [-0.25, -0.2) is 9.78 Å². The molecule has 1 aliphatic carbocycles. The van der Waals surface area contributed by atoms with Crippen LogP contribution < -0.4 is 5.32 Å². The number of hydrogen-bond acceptors (Lipinski definition) is 6. The number of pyridine rings is 1. The molecule has 7 heteroatoms. The number of aromatic nitrogens is 1. The van der Waals surface area contributed by atoms with Crippen LogP contribution in [0.3, 0.4) is 0 Å². The van der Waals surface area contributed by atoms with E-state index in [0.717, 1.165) is 19.3 Å². The number of rotatable bonds is 6. The summed E-state index contributed by atoms with van der Waals surface area (Å²) < 4.78 is 5.02. The number of carbonyl (C=O) groups is 2. The molecular weight excluding hydrogens is 398 g/mol. The van der Waals surface area contributed by atoms with Crippen molar-refractivity contribution >= 4 is 23.6 Å². The molecule has 2 atom stereocenters. The first-order valence-electron chi connectivity index (χ1n) is 10.1. The number of aryl methyl sites for hydroxylation is 2. The molecule has 0 unspecified atom stereocenters. The number of hydrogen-bond donors (Lipinski definition) is 1. The smallest absolute Gasteiger partial charge is 0.340 e. The fourth-order valence-electron chi connectivity index (χ4n) is 3.58. The summed E-state index contributed by atoms with van der Waals surface area (Å²) in [6.45, 7) is 5.46. The number of nitriles is 1. The maximum Gasteiger partial charge on any atom is 0.340 e. The van der Waals surface area contributed by atoms with Gasteiger partial charge in [-0.05, 0) is 57.2 Å². The Morgan fingerprint density at radius 1 is 1.40 bits per heavy atom. The molecule has 0 saturated heterocycles. The van der Waals surface area contributed by atoms with Gasteiger partial charge in [0.05, 0.1) is 34.7 Å². The molecule has 0 fully saturated rings. The molecule has 1 amide bonds. The molecule has 0 bridgehead atoms. The van der Waals surface area contributed by atoms with Crippen LogP contribution in [-0.4, -0.2) is 28.7 Å². The Morgan fingerprint density at radius 3 is 2.90 bits per heavy atom. The van der Waals surface area contributed by atoms with Gasteiger partial charge in [-0.15, -0.1) is 0 Å². The summed E-state index contributed by atoms with van der Waals surface area (Å²) in [4.78, 5) is 29.3. The highest BCUT2D eigenvalue weighted by Gasteiger charge is 2.25. The van der Waals surface area contributed by atoms with Gasteiger partial charge in [-0.2, -0.15) is 5.26 Å². The number of esters is 1. The average molecular weight is 424 g/mol. The second kappa shape index (κ2) is 9.77. The molecule has 1 aromatic heterocycles. The Kier molecular flexibility index (Phi) is 7.11. The molecule has 1 heterocycles. The molecule has 3 rings (SSSR count). The highest BCUT2D eigenvalue weighted by molar-refractivity contribution is 8.00. The van der Waals surface area contributed by atoms with Crippen molar-refractivity contribution in [3.05, 3.63) is 58.3 Å². The number of ether oxygens (including phenoxy) is 1. The SMILES string of the molecule is CCOC(=O)c1cc(C#N)c(S[C@@H](C)C(=O)N[C@H]2CCCc3ccccc32)nc1C. The highest BCUT2D eigenvalue weighted by atomic mass is 32.2. The minimum atomic E-state index is -0.502. The van der Waals surface area contributed by atoms with Crippen LogP contribution in [0.25, 0.3) is 0 Å². The van der Waals surface area contributed by atoms with Gasteiger partial charge < -0.3 is 10.1 Å². The van der Waals surface area contributed by atoms with E-state index in [-0.39, 0.29) is 29.7 Å². The first kappa shape index (κ1) is 21.8. The van der Waals surface area contributed by atoms with Crippen molar-refractivity contribution in [3.63, 3.8) is 0 Å². The number of amides is 1. The molecule has 1 N–H and O–H groups in total. The lowest BCUT2D eigenvalue weighted by Crippen LogP contribution is -2.36. The van der Waals surface area contributed by atoms with E-state index in [9.17, 15) is 14.9 Å². The molecule has 6 nitrogen and oxygen atoms in total. The minimum absolute atomic E-state index is 0.00169. The van der Waals surface area contributed by atoms with Crippen molar-refractivity contribution in [2.45, 2.75) is 56.4 Å². The van der Waals surface area contributed by atoms with E-state index in [4.69, 9.17) is 4.74 Å². The second-order valence-corrected chi connectivity index (χ2v) is 8.55. The minimum Gasteiger partial charge on any atom is -0.462 e. The standard InChI is InChI=1S/C23H25N3O3S/c1-4-29-23(28)19-12-17(13-24)22(25-14(19)2)30-15(3)21(27)26-20-11-7-9-16-8-5-6-10-18(16)20/h5-6,8,10,12,15,20H,4,7,9,11H2,1-3H3,(H,26,27)/t15-,20-/m0/s1. The third kappa shape index (κ3) is 4.82. The van der Waals surface area contributed by atoms with Crippen LogP contribution in [0, 0.1) is 18.3 Å². The lowest BCUT2D eigenvalue weighted by Gasteiger charge is -2.27. The summed E-state index contributed by atoms with van der Waals surface area (Å²) in [6, 6.07) is 11.8. The predicted molar refractivity (Wildman–Crippen MR) is 115 cm³/mol. The summed E-state index contributed by atoms with van der Waals surface area (Å²) in [6.07, 6.45) is 2.99. The Morgan fingerprint density at radius 2 is 2.17 bits per heavy atom. The number of benzene rings is 1. The van der Waals surface area contributed by atoms with Crippen LogP contribution in [0.1, 0.15) is 65.5 Å². The van der Waals surface area contributed by atoms with Crippen molar-refractivity contribution in [3.8, 4) is 6.07 Å². The zero-order valence-corrected chi connectivity index (χ0v) is 18.2. The molecular formula is C23H25N3O3S. The summed E-state index contributed by atoms with van der Waals surface area (Å²) in [5.74, 6) is -0.600. The van der Waals surface area contributed by atoms with E-state index in [0.29, 0.717) is 10.7 Å². The van der Waals surface area contributed by atoms with Crippen molar-refractivity contribution in [1.29, 1.82) is 5.26 Å². The fourth-order valence-corrected chi connectivity index (χ4v) is 4.51. The normalized spacial score (nSPS) is 16.1. The molecule has 0 spiro atoms. The lowest BCUT2D eigenvalue weighted by molar-refractivity contribution is -0.121. The van der Waals surface area contributed by atoms with E-state index in [1.54, 1.807) is 20.8 Å². The molecule has 1 aromatic carbocycles. The second-order valence-electron chi connectivity index (χ2n) is 7.22. The third-order valence-corrected chi connectivity index (χ3v) is 6.24. The van der Waals surface area contributed by atoms with E-state index in [1.807, 2.05) is 12.1 Å². The number of nitrogens with zero attached hydrogens (tertiary/aromatic N) is 2. The Labute approximate surface area is 181 Å². The summed E-state index contributed by atoms with van der Waals surface area (Å²) in [7, 11) is 0. The largest absolute Gasteiger partial charge is 0.462 e. The molecule has 0 aliphatic heterocycles. The van der Waals surface area contributed by atoms with E-state index >= 15 is 0 Å². The van der Waals surface area contributed by atoms with Gasteiger partial charge in [-0.1, -0.05) is 36.0 Å². The third-order valence-electron chi connectivity index (χ3n) is 5.14. The Bertz CT molecular complexity index is 1000. The molecule has 2 aromatic rings. The van der Waals surface area contributed by atoms with Gasteiger partial charge in [0.15, 0.2) is 0 Å². The van der Waals surface area contributed by atoms with Gasteiger partial charge in [0.25, 0.3) is 0 Å². The van der Waals surface area contributed by atoms with Crippen LogP contribution in [0.15, 0.2) is 35.4 Å². The quantitative estimate of drug-likeness (QED) is 0.555. The lowest BCUT2D eigenvalue weighted by atomic mass is 9.88. The van der Waals surface area contributed by atoms with Crippen molar-refractivity contribution in [2.24, 2.45) is 0 Å². The van der Waals surface area contributed by atoms with Crippen molar-refractivity contribution in [2.75, 3.05) is 6.61 Å². The van der Waals surface area contributed by atoms with Crippen LogP contribution >= 0.6 is 11.8 Å². The molecule has 0 saturated carbocycles. The Hall–Kier alpha value is -2.85. The summed E-state index contributed by atoms with van der Waals surface area (Å²) in [5, 5.41) is 12.7. The monoisotopic (exact) mass is 423 g/mol. The van der Waals surface area contributed by atoms with Crippen LogP contribution in [0.2, 0.25) is 0 Å². The zero-order valence-electron chi connectivity index (χ0n) is 17.4. The maximum atomic E-state index is 12.9. The summed E-state index contributed by atoms with van der Waals surface area (Å²) in [5.41, 5.74) is 3.47. The molecule has 156 valence electrons. The van der Waals surface area contributed by atoms with Gasteiger partial charge in [0.1, 0.15) is 11.1 Å². The predicted octanol–water partition coefficient (Wildman–Crippen LogP) is 4.11. The first-order chi connectivity index (χ1) is 14.4. The Balaban J connectivity index is 1.74. The van der Waals surface area contributed by atoms with Crippen LogP contribution in [-0.2, 0) is 16.0 Å². The van der Waals surface area contributed by atoms with Gasteiger partial charge in [0.2, 0.25) is 5.91 Å². The molecule has 1 aliphatic rings. The zero-order chi connectivity index (χ0) is 21.7. The highest BCUT2D eigenvalue weighted by Crippen LogP contribution is 2.31. The molecule has 0 radical (unpaired) electrons. The van der Waals surface area contributed by atoms with Gasteiger partial charge in [-0.3, -0.25) is 4.79 Å². The van der Waals surface area contributed by atoms with E-state index in [2.05, 4.69) is 28.5 Å². The van der Waals surface area contributed by atoms with Crippen LogP contribution in [0.5, 0.6) is 0 Å². The van der Waals surface area contributed by atoms with Crippen molar-refractivity contribution in [1.82, 2.24) is 10.3 Å². The first-order valence-corrected chi connectivity index (χ1v) is 11.0. The number of carbonyl (C=O) groups excluding carboxylic acids is 2. The number of thioether (sulfide) groups is 1. The van der Waals surface area contributed by atoms with E-state index in [1.165, 1.54) is 29.0 Å². The van der Waals surface area contributed by atoms with E-state index < -0.39 is 11.2 Å². The topological polar surface area (TPSA) is 92.1 Å². The van der Waals surface area contributed by atoms with Crippen LogP contribution in [0.4, 0.5) is 0 Å². The number of nitrogens with one attached hydrogen (secondary N) is 1. The summed E-state index contributed by atoms with van der Waals surface area (Å²) >= 11 is 1.22. The molecule has 30 heavy (non-hydrogen) atoms. The van der Waals surface area contributed by atoms with Crippen molar-refractivity contribution < 1.29 is 14.3 Å². The number of fused-ring (bicyclic) bond motifs is 1.